The minimum absolute atomic E-state index is 0. The van der Waals surface area contributed by atoms with Crippen molar-refractivity contribution in [1.29, 1.82) is 0 Å². The van der Waals surface area contributed by atoms with Crippen molar-refractivity contribution < 1.29 is 42.0 Å². The first-order chi connectivity index (χ1) is 12.3. The monoisotopic (exact) mass is 522 g/mol. The fourth-order valence-corrected chi connectivity index (χ4v) is 3.25. The summed E-state index contributed by atoms with van der Waals surface area (Å²) in [6.07, 6.45) is 1.85. The van der Waals surface area contributed by atoms with Crippen LogP contribution in [-0.4, -0.2) is 32.6 Å². The molecule has 28 heavy (non-hydrogen) atoms. The molecule has 0 aromatic heterocycles. The Morgan fingerprint density at radius 1 is 0.893 bits per heavy atom. The van der Waals surface area contributed by atoms with E-state index in [-0.39, 0.29) is 15.8 Å². The van der Waals surface area contributed by atoms with E-state index in [1.807, 2.05) is 18.2 Å². The number of benzene rings is 2. The first kappa shape index (κ1) is 27.1. The third-order valence-electron chi connectivity index (χ3n) is 3.67. The molecule has 7 nitrogen and oxygen atoms in total. The van der Waals surface area contributed by atoms with E-state index in [4.69, 9.17) is 25.9 Å². The molecule has 12 heteroatoms. The summed E-state index contributed by atoms with van der Waals surface area (Å²) in [5.74, 6) is 1.58. The van der Waals surface area contributed by atoms with E-state index >= 15 is 0 Å². The number of halogens is 3. The predicted molar refractivity (Wildman–Crippen MR) is 108 cm³/mol. The molecule has 163 valence electrons. The van der Waals surface area contributed by atoms with Gasteiger partial charge in [0, 0.05) is 41.3 Å². The number of rotatable bonds is 1. The standard InChI is InChI=1S/C8H7ClO3S.C8H9NO.2ClH.Cu.2H2O/c9-13(10,11)7-2-1-6-3-4-12-8(6)5-7;9-7-2-1-6-3-4-10-8(6)5-7;;;;;/h1-2,5H,3-4H2;1-2,5H,3-4,9H2;2*1H;;2*1H2/q;;;;+2;;/p-2. The third kappa shape index (κ3) is 7.85. The molecule has 0 bridgehead atoms. The van der Waals surface area contributed by atoms with Crippen molar-refractivity contribution in [1.82, 2.24) is 0 Å². The number of nitrogen functional groups attached to an aromatic ring is 1. The van der Waals surface area contributed by atoms with Gasteiger partial charge in [0.1, 0.15) is 11.5 Å². The van der Waals surface area contributed by atoms with Crippen LogP contribution in [0.5, 0.6) is 11.5 Å². The molecule has 0 spiro atoms. The van der Waals surface area contributed by atoms with Crippen molar-refractivity contribution in [2.24, 2.45) is 0 Å². The molecule has 0 atom stereocenters. The van der Waals surface area contributed by atoms with Gasteiger partial charge in [-0.3, -0.25) is 0 Å². The molecule has 0 saturated carbocycles. The van der Waals surface area contributed by atoms with Crippen LogP contribution in [0.25, 0.3) is 0 Å². The van der Waals surface area contributed by atoms with Crippen LogP contribution in [0.1, 0.15) is 11.1 Å². The quantitative estimate of drug-likeness (QED) is 0.347. The molecule has 0 aliphatic carbocycles. The molecular formula is C16H20Cl3CuNO6S. The van der Waals surface area contributed by atoms with Crippen LogP contribution < -0.4 is 15.2 Å². The van der Waals surface area contributed by atoms with Gasteiger partial charge < -0.3 is 26.2 Å². The van der Waals surface area contributed by atoms with Gasteiger partial charge in [-0.2, -0.15) is 0 Å². The van der Waals surface area contributed by atoms with Crippen molar-refractivity contribution in [3.63, 3.8) is 0 Å². The normalized spacial score (nSPS) is 13.0. The maximum atomic E-state index is 10.9. The molecule has 0 radical (unpaired) electrons. The Morgan fingerprint density at radius 2 is 1.36 bits per heavy atom. The molecule has 6 N–H and O–H groups in total. The molecule has 2 aromatic carbocycles. The number of nitrogens with two attached hydrogens (primary N) is 1. The van der Waals surface area contributed by atoms with E-state index < -0.39 is 9.05 Å². The SMILES string of the molecule is Nc1ccc2c(c1)OCC2.O.O.O=S(=O)(Cl)c1ccc2c(c1)OCC2.[Cl][Cu][Cl]. The van der Waals surface area contributed by atoms with Crippen molar-refractivity contribution >= 4 is 45.6 Å². The van der Waals surface area contributed by atoms with Crippen LogP contribution in [0.3, 0.4) is 0 Å². The Balaban J connectivity index is 0.000000439. The van der Waals surface area contributed by atoms with Crippen LogP contribution in [0, 0.1) is 0 Å². The Hall–Kier alpha value is -0.901. The summed E-state index contributed by atoms with van der Waals surface area (Å²) in [6.45, 7) is 1.42. The van der Waals surface area contributed by atoms with Crippen molar-refractivity contribution in [3.05, 3.63) is 47.5 Å². The molecule has 0 saturated heterocycles. The summed E-state index contributed by atoms with van der Waals surface area (Å²) >= 11 is 0.757. The molecule has 4 rings (SSSR count). The second kappa shape index (κ2) is 12.6. The van der Waals surface area contributed by atoms with Crippen LogP contribution in [0.15, 0.2) is 41.3 Å². The molecular weight excluding hydrogens is 504 g/mol. The Kier molecular flexibility index (Phi) is 12.2. The number of fused-ring (bicyclic) bond motifs is 2. The molecule has 0 fully saturated rings. The zero-order chi connectivity index (χ0) is 19.2. The number of anilines is 1. The topological polar surface area (TPSA) is 142 Å². The zero-order valence-electron chi connectivity index (χ0n) is 14.3. The van der Waals surface area contributed by atoms with Gasteiger partial charge in [-0.15, -0.1) is 0 Å². The fraction of sp³-hybridized carbons (Fsp3) is 0.250. The van der Waals surface area contributed by atoms with E-state index in [9.17, 15) is 8.42 Å². The average molecular weight is 524 g/mol. The molecule has 2 heterocycles. The Bertz CT molecular complexity index is 869. The molecule has 0 amide bonds. The van der Waals surface area contributed by atoms with Crippen LogP contribution in [0.2, 0.25) is 0 Å². The van der Waals surface area contributed by atoms with Crippen LogP contribution in [-0.2, 0) is 35.0 Å². The van der Waals surface area contributed by atoms with E-state index in [1.165, 1.54) is 17.7 Å². The van der Waals surface area contributed by atoms with E-state index in [0.717, 1.165) is 49.6 Å². The Labute approximate surface area is 182 Å². The molecule has 2 aromatic rings. The second-order valence-electron chi connectivity index (χ2n) is 5.31. The first-order valence-corrected chi connectivity index (χ1v) is 12.3. The summed E-state index contributed by atoms with van der Waals surface area (Å²) in [5.41, 5.74) is 8.63. The summed E-state index contributed by atoms with van der Waals surface area (Å²) in [6, 6.07) is 10.5. The molecule has 2 aliphatic rings. The summed E-state index contributed by atoms with van der Waals surface area (Å²) in [4.78, 5) is 0.0924. The third-order valence-corrected chi connectivity index (χ3v) is 5.02. The summed E-state index contributed by atoms with van der Waals surface area (Å²) < 4.78 is 32.4. The maximum absolute atomic E-state index is 10.9. The van der Waals surface area contributed by atoms with Crippen LogP contribution >= 0.6 is 30.9 Å². The van der Waals surface area contributed by atoms with Gasteiger partial charge in [-0.25, -0.2) is 8.42 Å². The number of hydrogen-bond acceptors (Lipinski definition) is 5. The van der Waals surface area contributed by atoms with E-state index in [1.54, 1.807) is 6.07 Å². The van der Waals surface area contributed by atoms with Gasteiger partial charge in [0.2, 0.25) is 0 Å². The van der Waals surface area contributed by atoms with Gasteiger partial charge in [0.05, 0.1) is 18.1 Å². The average Bonchev–Trinajstić information content (AvgIpc) is 3.23. The number of hydrogen-bond donors (Lipinski definition) is 1. The van der Waals surface area contributed by atoms with E-state index in [0.29, 0.717) is 12.4 Å². The molecule has 0 unspecified atom stereocenters. The van der Waals surface area contributed by atoms with Crippen molar-refractivity contribution in [2.45, 2.75) is 17.7 Å². The zero-order valence-corrected chi connectivity index (χ0v) is 18.4. The van der Waals surface area contributed by atoms with Gasteiger partial charge in [-0.05, 0) is 23.3 Å². The van der Waals surface area contributed by atoms with Gasteiger partial charge in [0.25, 0.3) is 9.05 Å². The fourth-order valence-electron chi connectivity index (χ4n) is 2.48. The minimum atomic E-state index is -3.63. The van der Waals surface area contributed by atoms with Crippen molar-refractivity contribution in [3.8, 4) is 11.5 Å². The van der Waals surface area contributed by atoms with Gasteiger partial charge in [0.15, 0.2) is 0 Å². The summed E-state index contributed by atoms with van der Waals surface area (Å²) in [5, 5.41) is 0. The Morgan fingerprint density at radius 3 is 1.86 bits per heavy atom. The summed E-state index contributed by atoms with van der Waals surface area (Å²) in [7, 11) is 10.9. The van der Waals surface area contributed by atoms with Crippen molar-refractivity contribution in [2.75, 3.05) is 18.9 Å². The van der Waals surface area contributed by atoms with Crippen LogP contribution in [0.4, 0.5) is 5.69 Å². The molecule has 2 aliphatic heterocycles. The first-order valence-electron chi connectivity index (χ1n) is 7.38. The predicted octanol–water partition coefficient (Wildman–Crippen LogP) is 2.48. The second-order valence-corrected chi connectivity index (χ2v) is 9.44. The van der Waals surface area contributed by atoms with Gasteiger partial charge >= 0.3 is 33.3 Å². The van der Waals surface area contributed by atoms with E-state index in [2.05, 4.69) is 20.2 Å². The van der Waals surface area contributed by atoms with Gasteiger partial charge in [-0.1, -0.05) is 12.1 Å². The number of ether oxygens (including phenoxy) is 2.